The zero-order chi connectivity index (χ0) is 57.1. The van der Waals surface area contributed by atoms with Gasteiger partial charge in [-0.15, -0.1) is 0 Å². The summed E-state index contributed by atoms with van der Waals surface area (Å²) < 4.78 is 5.48. The summed E-state index contributed by atoms with van der Waals surface area (Å²) >= 11 is 0. The van der Waals surface area contributed by atoms with Crippen LogP contribution in [0.4, 0.5) is 0 Å². The monoisotopic (exact) mass is 1110 g/mol. The standard InChI is InChI=1S/C73H139NO5/c1-3-5-7-9-11-13-15-17-18-19-32-35-38-42-45-49-53-57-61-65-71(76)70(69-75)74-72(77)66-62-58-54-50-46-43-39-36-33-30-28-26-24-22-20-21-23-25-27-29-31-34-37-40-44-48-52-56-60-64-68-79-73(78)67-63-59-55-51-47-41-16-14-12-10-8-6-4-2/h14,16,21,23,61,65,70-71,75-76H,3-13,15,17-20,22,24-60,62-64,66-69H2,1-2H3,(H,74,77)/b16-14-,23-21-,65-61+. The molecule has 0 rings (SSSR count). The lowest BCUT2D eigenvalue weighted by Gasteiger charge is -2.20. The largest absolute Gasteiger partial charge is 0.466 e. The van der Waals surface area contributed by atoms with Gasteiger partial charge in [-0.1, -0.05) is 333 Å². The van der Waals surface area contributed by atoms with Crippen molar-refractivity contribution in [3.8, 4) is 0 Å². The highest BCUT2D eigenvalue weighted by atomic mass is 16.5. The van der Waals surface area contributed by atoms with Crippen molar-refractivity contribution < 1.29 is 24.5 Å². The molecule has 0 aliphatic rings. The van der Waals surface area contributed by atoms with Crippen LogP contribution >= 0.6 is 0 Å². The van der Waals surface area contributed by atoms with Crippen LogP contribution in [-0.4, -0.2) is 47.4 Å². The maximum Gasteiger partial charge on any atom is 0.305 e. The van der Waals surface area contributed by atoms with Crippen molar-refractivity contribution in [1.82, 2.24) is 5.32 Å². The second kappa shape index (κ2) is 68.6. The first-order valence-corrected chi connectivity index (χ1v) is 35.8. The fourth-order valence-electron chi connectivity index (χ4n) is 11.2. The quantitative estimate of drug-likeness (QED) is 0.0320. The number of aliphatic hydroxyl groups excluding tert-OH is 2. The molecule has 3 N–H and O–H groups in total. The predicted octanol–water partition coefficient (Wildman–Crippen LogP) is 23.1. The molecule has 2 unspecified atom stereocenters. The van der Waals surface area contributed by atoms with Gasteiger partial charge in [-0.2, -0.15) is 0 Å². The van der Waals surface area contributed by atoms with Crippen LogP contribution in [0.1, 0.15) is 393 Å². The Bertz CT molecular complexity index is 1280. The average Bonchev–Trinajstić information content (AvgIpc) is 3.45. The van der Waals surface area contributed by atoms with E-state index >= 15 is 0 Å². The van der Waals surface area contributed by atoms with Gasteiger partial charge >= 0.3 is 5.97 Å². The van der Waals surface area contributed by atoms with E-state index in [4.69, 9.17) is 4.74 Å². The van der Waals surface area contributed by atoms with Crippen LogP contribution in [0.5, 0.6) is 0 Å². The molecule has 79 heavy (non-hydrogen) atoms. The third-order valence-corrected chi connectivity index (χ3v) is 16.6. The second-order valence-corrected chi connectivity index (χ2v) is 24.6. The van der Waals surface area contributed by atoms with Gasteiger partial charge in [0.15, 0.2) is 0 Å². The number of hydrogen-bond acceptors (Lipinski definition) is 5. The number of nitrogens with one attached hydrogen (secondary N) is 1. The lowest BCUT2D eigenvalue weighted by Crippen LogP contribution is -2.45. The van der Waals surface area contributed by atoms with E-state index in [1.165, 1.54) is 321 Å². The maximum atomic E-state index is 12.5. The highest BCUT2D eigenvalue weighted by Gasteiger charge is 2.18. The van der Waals surface area contributed by atoms with Crippen molar-refractivity contribution in [3.63, 3.8) is 0 Å². The SMILES string of the molecule is CCCCCC/C=C\CCCCCCCC(=O)OCCCCCCCCCCCCCC/C=C\CCCCCCCCCCCCCCCCC(=O)NC(CO)C(O)/C=C/CCCCCCCCCCCCCCCCCCC. The summed E-state index contributed by atoms with van der Waals surface area (Å²) in [6.45, 7) is 4.92. The lowest BCUT2D eigenvalue weighted by atomic mass is 10.0. The number of aliphatic hydroxyl groups is 2. The number of unbranched alkanes of at least 4 members (excludes halogenated alkanes) is 52. The van der Waals surface area contributed by atoms with Crippen LogP contribution in [0.3, 0.4) is 0 Å². The number of amides is 1. The van der Waals surface area contributed by atoms with Gasteiger partial charge in [-0.25, -0.2) is 0 Å². The number of esters is 1. The Balaban J connectivity index is 3.39. The van der Waals surface area contributed by atoms with Crippen LogP contribution in [-0.2, 0) is 14.3 Å². The molecule has 0 aliphatic heterocycles. The molecule has 6 heteroatoms. The van der Waals surface area contributed by atoms with Crippen LogP contribution < -0.4 is 5.32 Å². The summed E-state index contributed by atoms with van der Waals surface area (Å²) in [5, 5.41) is 23.2. The van der Waals surface area contributed by atoms with Gasteiger partial charge in [-0.3, -0.25) is 9.59 Å². The first-order valence-electron chi connectivity index (χ1n) is 35.8. The summed E-state index contributed by atoms with van der Waals surface area (Å²) in [7, 11) is 0. The van der Waals surface area contributed by atoms with Crippen molar-refractivity contribution in [3.05, 3.63) is 36.5 Å². The van der Waals surface area contributed by atoms with E-state index in [0.29, 0.717) is 19.4 Å². The van der Waals surface area contributed by atoms with Crippen LogP contribution in [0, 0.1) is 0 Å². The first kappa shape index (κ1) is 77.1. The molecule has 466 valence electrons. The smallest absolute Gasteiger partial charge is 0.305 e. The van der Waals surface area contributed by atoms with Crippen LogP contribution in [0.25, 0.3) is 0 Å². The van der Waals surface area contributed by atoms with E-state index in [2.05, 4.69) is 43.5 Å². The number of carbonyl (C=O) groups excluding carboxylic acids is 2. The van der Waals surface area contributed by atoms with E-state index in [9.17, 15) is 19.8 Å². The van der Waals surface area contributed by atoms with Gasteiger partial charge < -0.3 is 20.3 Å². The van der Waals surface area contributed by atoms with Crippen molar-refractivity contribution in [2.45, 2.75) is 405 Å². The molecule has 0 aliphatic carbocycles. The zero-order valence-electron chi connectivity index (χ0n) is 53.4. The average molecular weight is 1110 g/mol. The summed E-state index contributed by atoms with van der Waals surface area (Å²) in [5.74, 6) is -0.0553. The minimum absolute atomic E-state index is 0.00786. The molecular weight excluding hydrogens is 971 g/mol. The highest BCUT2D eigenvalue weighted by Crippen LogP contribution is 2.18. The Kier molecular flexibility index (Phi) is 66.9. The zero-order valence-corrected chi connectivity index (χ0v) is 53.4. The van der Waals surface area contributed by atoms with Gasteiger partial charge in [0.1, 0.15) is 0 Å². The second-order valence-electron chi connectivity index (χ2n) is 24.6. The van der Waals surface area contributed by atoms with Crippen molar-refractivity contribution in [2.75, 3.05) is 13.2 Å². The van der Waals surface area contributed by atoms with Crippen molar-refractivity contribution >= 4 is 11.9 Å². The van der Waals surface area contributed by atoms with E-state index < -0.39 is 12.1 Å². The molecule has 6 nitrogen and oxygen atoms in total. The van der Waals surface area contributed by atoms with Gasteiger partial charge in [0.2, 0.25) is 5.91 Å². The van der Waals surface area contributed by atoms with E-state index in [1.807, 2.05) is 6.08 Å². The molecular formula is C73H139NO5. The molecule has 0 bridgehead atoms. The molecule has 0 saturated heterocycles. The third kappa shape index (κ3) is 65.1. The van der Waals surface area contributed by atoms with E-state index in [-0.39, 0.29) is 18.5 Å². The molecule has 0 aromatic rings. The molecule has 2 atom stereocenters. The molecule has 0 heterocycles. The van der Waals surface area contributed by atoms with E-state index in [0.717, 1.165) is 44.9 Å². The molecule has 0 radical (unpaired) electrons. The molecule has 0 spiro atoms. The Hall–Kier alpha value is -1.92. The summed E-state index contributed by atoms with van der Waals surface area (Å²) in [6, 6.07) is -0.627. The molecule has 1 amide bonds. The summed E-state index contributed by atoms with van der Waals surface area (Å²) in [6.07, 6.45) is 88.0. The number of ether oxygens (including phenoxy) is 1. The Labute approximate surface area is 494 Å². The van der Waals surface area contributed by atoms with Gasteiger partial charge in [0, 0.05) is 12.8 Å². The van der Waals surface area contributed by atoms with E-state index in [1.54, 1.807) is 6.08 Å². The highest BCUT2D eigenvalue weighted by molar-refractivity contribution is 5.76. The van der Waals surface area contributed by atoms with Crippen molar-refractivity contribution in [1.29, 1.82) is 0 Å². The number of allylic oxidation sites excluding steroid dienone is 5. The molecule has 0 fully saturated rings. The Morgan fingerprint density at radius 1 is 0.342 bits per heavy atom. The topological polar surface area (TPSA) is 95.9 Å². The minimum Gasteiger partial charge on any atom is -0.466 e. The Morgan fingerprint density at radius 2 is 0.595 bits per heavy atom. The maximum absolute atomic E-state index is 12.5. The minimum atomic E-state index is -0.844. The van der Waals surface area contributed by atoms with Crippen molar-refractivity contribution in [2.24, 2.45) is 0 Å². The third-order valence-electron chi connectivity index (χ3n) is 16.6. The van der Waals surface area contributed by atoms with Gasteiger partial charge in [0.05, 0.1) is 25.4 Å². The fraction of sp³-hybridized carbons (Fsp3) is 0.890. The number of rotatable bonds is 67. The fourth-order valence-corrected chi connectivity index (χ4v) is 11.2. The lowest BCUT2D eigenvalue weighted by molar-refractivity contribution is -0.143. The van der Waals surface area contributed by atoms with Crippen LogP contribution in [0.15, 0.2) is 36.5 Å². The predicted molar refractivity (Wildman–Crippen MR) is 347 cm³/mol. The number of hydrogen-bond donors (Lipinski definition) is 3. The first-order chi connectivity index (χ1) is 39.0. The molecule has 0 aromatic carbocycles. The van der Waals surface area contributed by atoms with Gasteiger partial charge in [0.25, 0.3) is 0 Å². The molecule has 0 aromatic heterocycles. The summed E-state index contributed by atoms with van der Waals surface area (Å²) in [5.41, 5.74) is 0. The number of carbonyl (C=O) groups is 2. The molecule has 0 saturated carbocycles. The Morgan fingerprint density at radius 3 is 0.911 bits per heavy atom. The van der Waals surface area contributed by atoms with Crippen LogP contribution in [0.2, 0.25) is 0 Å². The summed E-state index contributed by atoms with van der Waals surface area (Å²) in [4.78, 5) is 24.6. The van der Waals surface area contributed by atoms with Gasteiger partial charge in [-0.05, 0) is 83.5 Å². The normalized spacial score (nSPS) is 12.7.